The Hall–Kier alpha value is 0.640. The second kappa shape index (κ2) is 8.04. The minimum atomic E-state index is -0.826. The van der Waals surface area contributed by atoms with Crippen molar-refractivity contribution in [3.05, 3.63) is 41.0 Å². The van der Waals surface area contributed by atoms with Crippen molar-refractivity contribution in [2.24, 2.45) is 5.92 Å². The molecule has 1 aromatic rings. The molecule has 98 valence electrons. The van der Waals surface area contributed by atoms with Gasteiger partial charge in [0, 0.05) is 8.80 Å². The van der Waals surface area contributed by atoms with Gasteiger partial charge >= 0.3 is 37.9 Å². The van der Waals surface area contributed by atoms with Crippen LogP contribution in [0.15, 0.2) is 29.8 Å². The van der Waals surface area contributed by atoms with Crippen molar-refractivity contribution in [2.75, 3.05) is 0 Å². The first-order valence-corrected chi connectivity index (χ1v) is 15.6. The summed E-state index contributed by atoms with van der Waals surface area (Å²) in [6.07, 6.45) is 2.43. The third-order valence-corrected chi connectivity index (χ3v) is 5.42. The van der Waals surface area contributed by atoms with Gasteiger partial charge in [0.25, 0.3) is 0 Å². The average Bonchev–Trinajstić information content (AvgIpc) is 2.69. The topological polar surface area (TPSA) is 0 Å². The molecular weight excluding hydrogens is 358 g/mol. The molecule has 0 saturated heterocycles. The molecule has 1 atom stereocenters. The molecule has 2 rings (SSSR count). The van der Waals surface area contributed by atoms with Crippen LogP contribution in [0.1, 0.15) is 30.5 Å². The number of rotatable bonds is 2. The van der Waals surface area contributed by atoms with Crippen molar-refractivity contribution in [1.29, 1.82) is 0 Å². The number of benzene rings is 1. The fourth-order valence-corrected chi connectivity index (χ4v) is 4.92. The predicted molar refractivity (Wildman–Crippen MR) is 82.6 cm³/mol. The second-order valence-corrected chi connectivity index (χ2v) is 12.1. The number of fused-ring (bicyclic) bond motifs is 1. The van der Waals surface area contributed by atoms with Gasteiger partial charge in [-0.25, -0.2) is 0 Å². The van der Waals surface area contributed by atoms with Gasteiger partial charge < -0.3 is 0 Å². The molecular formula is C14H20Cl2SiZr. The summed E-state index contributed by atoms with van der Waals surface area (Å²) < 4.78 is 0. The van der Waals surface area contributed by atoms with Gasteiger partial charge in [0.1, 0.15) is 0 Å². The van der Waals surface area contributed by atoms with Gasteiger partial charge in [-0.2, -0.15) is 0 Å². The van der Waals surface area contributed by atoms with Gasteiger partial charge in [-0.1, -0.05) is 62.9 Å². The molecule has 0 spiro atoms. The van der Waals surface area contributed by atoms with E-state index in [9.17, 15) is 0 Å². The summed E-state index contributed by atoms with van der Waals surface area (Å²) in [6.45, 7) is 9.56. The molecule has 1 aromatic carbocycles. The molecule has 0 aromatic heterocycles. The summed E-state index contributed by atoms with van der Waals surface area (Å²) in [7, 11) is 9.23. The van der Waals surface area contributed by atoms with Crippen LogP contribution in [0.2, 0.25) is 13.1 Å². The zero-order valence-electron chi connectivity index (χ0n) is 11.4. The van der Waals surface area contributed by atoms with Gasteiger partial charge in [0.15, 0.2) is 0 Å². The van der Waals surface area contributed by atoms with Crippen LogP contribution in [0.5, 0.6) is 0 Å². The Morgan fingerprint density at radius 2 is 1.72 bits per heavy atom. The Balaban J connectivity index is 0.000000492. The average molecular weight is 379 g/mol. The molecule has 1 aliphatic carbocycles. The quantitative estimate of drug-likeness (QED) is 0.619. The van der Waals surface area contributed by atoms with Crippen molar-refractivity contribution in [1.82, 2.24) is 0 Å². The summed E-state index contributed by atoms with van der Waals surface area (Å²) in [5.74, 6) is 0.692. The van der Waals surface area contributed by atoms with Gasteiger partial charge in [-0.3, -0.25) is 0 Å². The van der Waals surface area contributed by atoms with Crippen LogP contribution in [0.25, 0.3) is 6.08 Å². The van der Waals surface area contributed by atoms with E-state index >= 15 is 0 Å². The molecule has 1 aliphatic rings. The first-order chi connectivity index (χ1) is 8.52. The Bertz CT molecular complexity index is 416. The molecule has 0 saturated carbocycles. The van der Waals surface area contributed by atoms with Crippen LogP contribution >= 0.6 is 17.0 Å². The van der Waals surface area contributed by atoms with Gasteiger partial charge in [-0.15, -0.1) is 0 Å². The molecule has 0 N–H and O–H groups in total. The van der Waals surface area contributed by atoms with Crippen molar-refractivity contribution in [2.45, 2.75) is 32.5 Å². The Morgan fingerprint density at radius 3 is 2.22 bits per heavy atom. The van der Waals surface area contributed by atoms with Crippen molar-refractivity contribution < 1.29 is 20.8 Å². The summed E-state index contributed by atoms with van der Waals surface area (Å²) in [5.41, 5.74) is 5.49. The van der Waals surface area contributed by atoms with Gasteiger partial charge in [0.2, 0.25) is 0 Å². The van der Waals surface area contributed by atoms with Crippen LogP contribution in [0, 0.1) is 5.92 Å². The number of allylic oxidation sites excluding steroid dienone is 1. The second-order valence-electron chi connectivity index (χ2n) is 5.22. The maximum atomic E-state index is 4.93. The minimum absolute atomic E-state index is 0.642. The normalized spacial score (nSPS) is 17.1. The summed E-state index contributed by atoms with van der Waals surface area (Å²) >= 11 is -0.826. The van der Waals surface area contributed by atoms with E-state index < -0.39 is 29.6 Å². The first-order valence-electron chi connectivity index (χ1n) is 6.29. The molecule has 0 amide bonds. The van der Waals surface area contributed by atoms with E-state index in [-0.39, 0.29) is 0 Å². The summed E-state index contributed by atoms with van der Waals surface area (Å²) in [6, 6.07) is 8.91. The number of hydrogen-bond acceptors (Lipinski definition) is 0. The van der Waals surface area contributed by atoms with E-state index in [0.717, 1.165) is 5.54 Å². The van der Waals surface area contributed by atoms with E-state index in [1.807, 2.05) is 0 Å². The van der Waals surface area contributed by atoms with Crippen LogP contribution in [0.4, 0.5) is 0 Å². The number of halogens is 2. The standard InChI is InChI=1S/C14H20Si.2ClH.Zr/c1-10(2)13-9-11-7-5-6-8-12(11)14(13)15(3)4;;;/h5-10,14-15H,1-4H3;2*1H;/q;;;+2/p-2. The van der Waals surface area contributed by atoms with E-state index in [2.05, 4.69) is 57.3 Å². The van der Waals surface area contributed by atoms with Crippen molar-refractivity contribution in [3.8, 4) is 0 Å². The summed E-state index contributed by atoms with van der Waals surface area (Å²) in [5, 5.41) is 0. The molecule has 18 heavy (non-hydrogen) atoms. The van der Waals surface area contributed by atoms with Crippen LogP contribution in [-0.4, -0.2) is 8.80 Å². The Kier molecular flexibility index (Phi) is 7.46. The maximum absolute atomic E-state index is 4.93. The monoisotopic (exact) mass is 376 g/mol. The van der Waals surface area contributed by atoms with Gasteiger partial charge in [-0.05, 0) is 22.6 Å². The molecule has 0 heterocycles. The third kappa shape index (κ3) is 4.07. The van der Waals surface area contributed by atoms with E-state index in [1.165, 1.54) is 5.56 Å². The Labute approximate surface area is 131 Å². The third-order valence-electron chi connectivity index (χ3n) is 3.35. The zero-order chi connectivity index (χ0) is 13.7. The molecule has 0 aliphatic heterocycles. The first kappa shape index (κ1) is 16.7. The fraction of sp³-hybridized carbons (Fsp3) is 0.429. The van der Waals surface area contributed by atoms with E-state index in [1.54, 1.807) is 11.1 Å². The van der Waals surface area contributed by atoms with Crippen molar-refractivity contribution in [3.63, 3.8) is 0 Å². The fourth-order valence-electron chi connectivity index (χ4n) is 2.64. The molecule has 0 bridgehead atoms. The molecule has 0 fully saturated rings. The van der Waals surface area contributed by atoms with Gasteiger partial charge in [0.05, 0.1) is 0 Å². The van der Waals surface area contributed by atoms with E-state index in [0.29, 0.717) is 5.92 Å². The van der Waals surface area contributed by atoms with Crippen LogP contribution < -0.4 is 0 Å². The van der Waals surface area contributed by atoms with Crippen LogP contribution in [-0.2, 0) is 20.8 Å². The molecule has 4 heteroatoms. The SMILES string of the molecule is CC(C)C1=Cc2ccccc2C1[SiH](C)C.[Cl][Zr][Cl]. The van der Waals surface area contributed by atoms with Crippen LogP contribution in [0.3, 0.4) is 0 Å². The van der Waals surface area contributed by atoms with E-state index in [4.69, 9.17) is 17.0 Å². The molecule has 0 nitrogen and oxygen atoms in total. The zero-order valence-corrected chi connectivity index (χ0v) is 16.5. The Morgan fingerprint density at radius 1 is 1.17 bits per heavy atom. The molecule has 0 radical (unpaired) electrons. The number of hydrogen-bond donors (Lipinski definition) is 0. The molecule has 1 unspecified atom stereocenters. The summed E-state index contributed by atoms with van der Waals surface area (Å²) in [4.78, 5) is 0. The van der Waals surface area contributed by atoms with Crippen molar-refractivity contribution >= 4 is 31.9 Å². The predicted octanol–water partition coefficient (Wildman–Crippen LogP) is 5.23.